The van der Waals surface area contributed by atoms with Crippen molar-refractivity contribution in [3.63, 3.8) is 0 Å². The van der Waals surface area contributed by atoms with Gasteiger partial charge in [0.2, 0.25) is 0 Å². The van der Waals surface area contributed by atoms with E-state index in [1.54, 1.807) is 15.6 Å². The second-order valence-corrected chi connectivity index (χ2v) is 7.56. The molecule has 1 aliphatic heterocycles. The first-order chi connectivity index (χ1) is 14.4. The predicted molar refractivity (Wildman–Crippen MR) is 112 cm³/mol. The maximum Gasteiger partial charge on any atom is 0.274 e. The summed E-state index contributed by atoms with van der Waals surface area (Å²) in [5.41, 5.74) is 2.04. The first-order valence-electron chi connectivity index (χ1n) is 9.60. The van der Waals surface area contributed by atoms with Crippen LogP contribution >= 0.6 is 11.6 Å². The van der Waals surface area contributed by atoms with Gasteiger partial charge in [-0.2, -0.15) is 5.10 Å². The Labute approximate surface area is 178 Å². The largest absolute Gasteiger partial charge is 0.335 e. The number of hydrogen-bond acceptors (Lipinski definition) is 3. The van der Waals surface area contributed by atoms with Crippen molar-refractivity contribution in [2.45, 2.75) is 6.92 Å². The Bertz CT molecular complexity index is 1090. The van der Waals surface area contributed by atoms with Crippen LogP contribution in [0.4, 0.5) is 4.39 Å². The number of benzene rings is 2. The van der Waals surface area contributed by atoms with Gasteiger partial charge >= 0.3 is 0 Å². The summed E-state index contributed by atoms with van der Waals surface area (Å²) < 4.78 is 15.7. The number of para-hydroxylation sites is 1. The molecule has 1 aromatic heterocycles. The minimum atomic E-state index is -0.607. The van der Waals surface area contributed by atoms with E-state index >= 15 is 0 Å². The highest BCUT2D eigenvalue weighted by Crippen LogP contribution is 2.19. The number of carbonyl (C=O) groups excluding carboxylic acids is 2. The molecular formula is C22H20ClFN4O2. The van der Waals surface area contributed by atoms with E-state index < -0.39 is 11.7 Å². The van der Waals surface area contributed by atoms with Crippen molar-refractivity contribution < 1.29 is 14.0 Å². The molecule has 0 atom stereocenters. The summed E-state index contributed by atoms with van der Waals surface area (Å²) >= 11 is 5.89. The lowest BCUT2D eigenvalue weighted by molar-refractivity contribution is 0.0529. The Hall–Kier alpha value is -3.19. The van der Waals surface area contributed by atoms with E-state index in [4.69, 9.17) is 11.6 Å². The molecule has 6 nitrogen and oxygen atoms in total. The highest BCUT2D eigenvalue weighted by Gasteiger charge is 2.28. The Kier molecular flexibility index (Phi) is 5.55. The Morgan fingerprint density at radius 1 is 0.933 bits per heavy atom. The molecule has 2 aromatic carbocycles. The van der Waals surface area contributed by atoms with Gasteiger partial charge in [0.25, 0.3) is 11.8 Å². The summed E-state index contributed by atoms with van der Waals surface area (Å²) in [5, 5.41) is 4.76. The average Bonchev–Trinajstić information content (AvgIpc) is 3.17. The van der Waals surface area contributed by atoms with Crippen molar-refractivity contribution in [2.75, 3.05) is 26.2 Å². The van der Waals surface area contributed by atoms with Gasteiger partial charge in [0, 0.05) is 36.9 Å². The minimum Gasteiger partial charge on any atom is -0.335 e. The SMILES string of the molecule is Cc1cc(C(=O)N2CCN(C(=O)c3cc(Cl)ccc3F)CC2)nn1-c1ccccc1. The zero-order chi connectivity index (χ0) is 21.3. The zero-order valence-electron chi connectivity index (χ0n) is 16.4. The molecule has 2 heterocycles. The Morgan fingerprint density at radius 3 is 2.23 bits per heavy atom. The van der Waals surface area contributed by atoms with Crippen molar-refractivity contribution >= 4 is 23.4 Å². The van der Waals surface area contributed by atoms with Crippen LogP contribution in [0.25, 0.3) is 5.69 Å². The smallest absolute Gasteiger partial charge is 0.274 e. The number of nitrogens with zero attached hydrogens (tertiary/aromatic N) is 4. The second-order valence-electron chi connectivity index (χ2n) is 7.13. The molecule has 0 aliphatic carbocycles. The number of aryl methyl sites for hydroxylation is 1. The van der Waals surface area contributed by atoms with Crippen molar-refractivity contribution in [3.8, 4) is 5.69 Å². The molecule has 0 spiro atoms. The molecule has 4 rings (SSSR count). The minimum absolute atomic E-state index is 0.0560. The van der Waals surface area contributed by atoms with Crippen molar-refractivity contribution in [1.82, 2.24) is 19.6 Å². The van der Waals surface area contributed by atoms with Gasteiger partial charge in [-0.1, -0.05) is 29.8 Å². The van der Waals surface area contributed by atoms with Crippen LogP contribution < -0.4 is 0 Å². The molecule has 0 unspecified atom stereocenters. The van der Waals surface area contributed by atoms with Gasteiger partial charge in [-0.3, -0.25) is 9.59 Å². The van der Waals surface area contributed by atoms with Crippen LogP contribution in [0.3, 0.4) is 0 Å². The van der Waals surface area contributed by atoms with Crippen molar-refractivity contribution in [1.29, 1.82) is 0 Å². The number of carbonyl (C=O) groups is 2. The summed E-state index contributed by atoms with van der Waals surface area (Å²) in [7, 11) is 0. The number of amides is 2. The third-order valence-electron chi connectivity index (χ3n) is 5.12. The molecule has 0 N–H and O–H groups in total. The number of aromatic nitrogens is 2. The summed E-state index contributed by atoms with van der Waals surface area (Å²) in [6, 6.07) is 15.3. The molecule has 1 fully saturated rings. The molecule has 0 radical (unpaired) electrons. The van der Waals surface area contributed by atoms with Gasteiger partial charge in [0.05, 0.1) is 11.3 Å². The van der Waals surface area contributed by atoms with Crippen LogP contribution in [-0.4, -0.2) is 57.6 Å². The lowest BCUT2D eigenvalue weighted by atomic mass is 10.1. The number of halogens is 2. The van der Waals surface area contributed by atoms with Gasteiger partial charge < -0.3 is 9.80 Å². The molecule has 8 heteroatoms. The molecule has 1 saturated heterocycles. The van der Waals surface area contributed by atoms with Crippen LogP contribution in [0.1, 0.15) is 26.5 Å². The van der Waals surface area contributed by atoms with E-state index in [1.165, 1.54) is 23.1 Å². The molecule has 3 aromatic rings. The summed E-state index contributed by atoms with van der Waals surface area (Å²) in [6.45, 7) is 3.23. The van der Waals surface area contributed by atoms with Crippen LogP contribution in [0.15, 0.2) is 54.6 Å². The van der Waals surface area contributed by atoms with Crippen LogP contribution in [0.5, 0.6) is 0 Å². The third kappa shape index (κ3) is 3.93. The maximum atomic E-state index is 14.0. The van der Waals surface area contributed by atoms with E-state index in [2.05, 4.69) is 5.10 Å². The monoisotopic (exact) mass is 426 g/mol. The van der Waals surface area contributed by atoms with Crippen LogP contribution in [-0.2, 0) is 0 Å². The number of piperazine rings is 1. The van der Waals surface area contributed by atoms with Gasteiger partial charge in [-0.15, -0.1) is 0 Å². The quantitative estimate of drug-likeness (QED) is 0.643. The third-order valence-corrected chi connectivity index (χ3v) is 5.36. The molecule has 1 aliphatic rings. The standard InChI is InChI=1S/C22H20ClFN4O2/c1-15-13-20(25-28(15)17-5-3-2-4-6-17)22(30)27-11-9-26(10-12-27)21(29)18-14-16(23)7-8-19(18)24/h2-8,13-14H,9-12H2,1H3. The van der Waals surface area contributed by atoms with E-state index in [0.717, 1.165) is 11.4 Å². The molecule has 30 heavy (non-hydrogen) atoms. The second kappa shape index (κ2) is 8.28. The molecule has 154 valence electrons. The topological polar surface area (TPSA) is 58.4 Å². The zero-order valence-corrected chi connectivity index (χ0v) is 17.1. The average molecular weight is 427 g/mol. The van der Waals surface area contributed by atoms with Crippen LogP contribution in [0.2, 0.25) is 5.02 Å². The van der Waals surface area contributed by atoms with Crippen LogP contribution in [0, 0.1) is 12.7 Å². The molecule has 2 amide bonds. The lowest BCUT2D eigenvalue weighted by Gasteiger charge is -2.34. The summed E-state index contributed by atoms with van der Waals surface area (Å²) in [6.07, 6.45) is 0. The Morgan fingerprint density at radius 2 is 1.57 bits per heavy atom. The van der Waals surface area contributed by atoms with Gasteiger partial charge in [-0.25, -0.2) is 9.07 Å². The fourth-order valence-corrected chi connectivity index (χ4v) is 3.69. The number of rotatable bonds is 3. The van der Waals surface area contributed by atoms with Crippen molar-refractivity contribution in [3.05, 3.63) is 82.4 Å². The lowest BCUT2D eigenvalue weighted by Crippen LogP contribution is -2.50. The van der Waals surface area contributed by atoms with E-state index in [0.29, 0.717) is 36.9 Å². The fraction of sp³-hybridized carbons (Fsp3) is 0.227. The summed E-state index contributed by atoms with van der Waals surface area (Å²) in [5.74, 6) is -1.22. The van der Waals surface area contributed by atoms with E-state index in [-0.39, 0.29) is 11.5 Å². The predicted octanol–water partition coefficient (Wildman–Crippen LogP) is 3.57. The Balaban J connectivity index is 1.44. The summed E-state index contributed by atoms with van der Waals surface area (Å²) in [4.78, 5) is 28.7. The maximum absolute atomic E-state index is 14.0. The molecule has 0 bridgehead atoms. The van der Waals surface area contributed by atoms with E-state index in [1.807, 2.05) is 37.3 Å². The normalized spacial score (nSPS) is 14.1. The van der Waals surface area contributed by atoms with Gasteiger partial charge in [0.1, 0.15) is 5.82 Å². The number of hydrogen-bond donors (Lipinski definition) is 0. The molecule has 0 saturated carbocycles. The first kappa shape index (κ1) is 20.1. The highest BCUT2D eigenvalue weighted by molar-refractivity contribution is 6.31. The molecular weight excluding hydrogens is 407 g/mol. The fourth-order valence-electron chi connectivity index (χ4n) is 3.52. The van der Waals surface area contributed by atoms with E-state index in [9.17, 15) is 14.0 Å². The van der Waals surface area contributed by atoms with Gasteiger partial charge in [-0.05, 0) is 43.3 Å². The van der Waals surface area contributed by atoms with Gasteiger partial charge in [0.15, 0.2) is 5.69 Å². The van der Waals surface area contributed by atoms with Crippen molar-refractivity contribution in [2.24, 2.45) is 0 Å². The first-order valence-corrected chi connectivity index (χ1v) is 9.97. The highest BCUT2D eigenvalue weighted by atomic mass is 35.5.